The van der Waals surface area contributed by atoms with E-state index in [1.165, 1.54) is 0 Å². The van der Waals surface area contributed by atoms with Crippen molar-refractivity contribution in [1.82, 2.24) is 19.9 Å². The average molecular weight is 303 g/mol. The Labute approximate surface area is 112 Å². The van der Waals surface area contributed by atoms with Crippen LogP contribution in [0, 0.1) is 0 Å². The lowest BCUT2D eigenvalue weighted by Crippen LogP contribution is -2.13. The number of imidazole rings is 1. The van der Waals surface area contributed by atoms with Crippen LogP contribution in [0.25, 0.3) is 11.2 Å². The normalized spacial score (nSPS) is 13.8. The molecule has 1 unspecified atom stereocenters. The van der Waals surface area contributed by atoms with Crippen LogP contribution in [-0.2, 0) is 15.7 Å². The predicted octanol–water partition coefficient (Wildman–Crippen LogP) is -0.689. The summed E-state index contributed by atoms with van der Waals surface area (Å²) in [6, 6.07) is 0. The van der Waals surface area contributed by atoms with Crippen LogP contribution < -0.4 is 11.3 Å². The molecule has 2 heterocycles. The van der Waals surface area contributed by atoms with Gasteiger partial charge < -0.3 is 25.2 Å². The molecule has 0 bridgehead atoms. The van der Waals surface area contributed by atoms with Crippen molar-refractivity contribution in [2.75, 3.05) is 12.1 Å². The molecule has 10 nitrogen and oxygen atoms in total. The van der Waals surface area contributed by atoms with Gasteiger partial charge in [0.05, 0.1) is 6.10 Å². The van der Waals surface area contributed by atoms with Crippen LogP contribution in [0.4, 0.5) is 5.95 Å². The monoisotopic (exact) mass is 303 g/mol. The van der Waals surface area contributed by atoms with Crippen LogP contribution in [0.1, 0.15) is 12.7 Å². The van der Waals surface area contributed by atoms with Gasteiger partial charge >= 0.3 is 7.60 Å². The number of nitrogens with two attached hydrogens (primary N) is 1. The van der Waals surface area contributed by atoms with Gasteiger partial charge in [0.1, 0.15) is 12.2 Å². The Hall–Kier alpha value is -1.74. The van der Waals surface area contributed by atoms with Crippen molar-refractivity contribution in [3.05, 3.63) is 16.2 Å². The van der Waals surface area contributed by atoms with Crippen molar-refractivity contribution < 1.29 is 19.1 Å². The molecule has 0 aliphatic rings. The van der Waals surface area contributed by atoms with Gasteiger partial charge in [-0.3, -0.25) is 14.3 Å². The molecule has 0 saturated carbocycles. The van der Waals surface area contributed by atoms with Crippen molar-refractivity contribution >= 4 is 24.7 Å². The van der Waals surface area contributed by atoms with Gasteiger partial charge in [0.15, 0.2) is 11.2 Å². The molecule has 0 aliphatic heterocycles. The van der Waals surface area contributed by atoms with Gasteiger partial charge in [-0.25, -0.2) is 4.98 Å². The number of rotatable bonds is 5. The van der Waals surface area contributed by atoms with E-state index in [1.54, 1.807) is 6.92 Å². The third kappa shape index (κ3) is 3.64. The summed E-state index contributed by atoms with van der Waals surface area (Å²) in [5, 5.41) is 0. The molecule has 0 aromatic carbocycles. The van der Waals surface area contributed by atoms with E-state index in [4.69, 9.17) is 20.3 Å². The first-order valence-corrected chi connectivity index (χ1v) is 7.45. The topological polar surface area (TPSA) is 167 Å². The Balaban J connectivity index is 2.12. The van der Waals surface area contributed by atoms with Crippen LogP contribution >= 0.6 is 7.60 Å². The van der Waals surface area contributed by atoms with Crippen molar-refractivity contribution in [3.8, 4) is 0 Å². The standard InChI is InChI=1S/C9H14N5O5P/c1-4(19-3-20(16,17)18)2-5-11-6-7(12-5)13-9(10)14-8(6)15/h4H,2-3H2,1H3,(H2,16,17,18)(H4,10,11,12,13,14,15). The maximum absolute atomic E-state index is 11.6. The number of nitrogens with one attached hydrogen (secondary N) is 2. The third-order valence-electron chi connectivity index (χ3n) is 2.44. The fourth-order valence-electron chi connectivity index (χ4n) is 1.62. The fourth-order valence-corrected chi connectivity index (χ4v) is 2.07. The second-order valence-electron chi connectivity index (χ2n) is 4.31. The van der Waals surface area contributed by atoms with Crippen LogP contribution in [0.5, 0.6) is 0 Å². The summed E-state index contributed by atoms with van der Waals surface area (Å²) in [4.78, 5) is 42.0. The Bertz CT molecular complexity index is 719. The SMILES string of the molecule is CC(Cc1nc2nc(N)[nH]c(=O)c2[nH]1)OCP(=O)(O)O. The van der Waals surface area contributed by atoms with E-state index in [0.29, 0.717) is 5.82 Å². The largest absolute Gasteiger partial charge is 0.369 e. The highest BCUT2D eigenvalue weighted by Gasteiger charge is 2.17. The quantitative estimate of drug-likeness (QED) is 0.452. The second-order valence-corrected chi connectivity index (χ2v) is 5.90. The van der Waals surface area contributed by atoms with E-state index < -0.39 is 25.6 Å². The van der Waals surface area contributed by atoms with E-state index in [-0.39, 0.29) is 23.5 Å². The number of hydrogen-bond donors (Lipinski definition) is 5. The molecular weight excluding hydrogens is 289 g/mol. The number of hydrogen-bond acceptors (Lipinski definition) is 6. The Morgan fingerprint density at radius 1 is 1.40 bits per heavy atom. The highest BCUT2D eigenvalue weighted by atomic mass is 31.2. The first-order valence-electron chi connectivity index (χ1n) is 5.65. The smallest absolute Gasteiger partial charge is 0.350 e. The summed E-state index contributed by atoms with van der Waals surface area (Å²) in [7, 11) is -4.20. The highest BCUT2D eigenvalue weighted by Crippen LogP contribution is 2.34. The Kier molecular flexibility index (Phi) is 3.91. The average Bonchev–Trinajstić information content (AvgIpc) is 2.68. The minimum absolute atomic E-state index is 0.0358. The van der Waals surface area contributed by atoms with Crippen molar-refractivity contribution in [2.24, 2.45) is 0 Å². The molecule has 0 aliphatic carbocycles. The summed E-state index contributed by atoms with van der Waals surface area (Å²) in [6.45, 7) is 1.63. The summed E-state index contributed by atoms with van der Waals surface area (Å²) in [5.74, 6) is 0.383. The summed E-state index contributed by atoms with van der Waals surface area (Å²) >= 11 is 0. The number of anilines is 1. The molecule has 0 radical (unpaired) electrons. The van der Waals surface area contributed by atoms with Gasteiger partial charge in [0.25, 0.3) is 5.56 Å². The number of nitrogens with zero attached hydrogens (tertiary/aromatic N) is 2. The lowest BCUT2D eigenvalue weighted by Gasteiger charge is -2.11. The Morgan fingerprint density at radius 3 is 2.75 bits per heavy atom. The van der Waals surface area contributed by atoms with Gasteiger partial charge in [-0.05, 0) is 6.92 Å². The predicted molar refractivity (Wildman–Crippen MR) is 70.1 cm³/mol. The molecule has 1 atom stereocenters. The van der Waals surface area contributed by atoms with Crippen molar-refractivity contribution in [3.63, 3.8) is 0 Å². The lowest BCUT2D eigenvalue weighted by atomic mass is 10.3. The number of nitrogen functional groups attached to an aromatic ring is 1. The summed E-state index contributed by atoms with van der Waals surface area (Å²) in [5.41, 5.74) is 5.34. The number of H-pyrrole nitrogens is 2. The zero-order valence-corrected chi connectivity index (χ0v) is 11.4. The van der Waals surface area contributed by atoms with E-state index in [9.17, 15) is 9.36 Å². The van der Waals surface area contributed by atoms with Gasteiger partial charge in [-0.2, -0.15) is 4.98 Å². The maximum atomic E-state index is 11.6. The van der Waals surface area contributed by atoms with Crippen molar-refractivity contribution in [2.45, 2.75) is 19.4 Å². The maximum Gasteiger partial charge on any atom is 0.350 e. The minimum Gasteiger partial charge on any atom is -0.369 e. The van der Waals surface area contributed by atoms with Crippen molar-refractivity contribution in [1.29, 1.82) is 0 Å². The molecule has 6 N–H and O–H groups in total. The lowest BCUT2D eigenvalue weighted by molar-refractivity contribution is 0.0874. The number of ether oxygens (including phenoxy) is 1. The first-order chi connectivity index (χ1) is 9.24. The summed E-state index contributed by atoms with van der Waals surface area (Å²) in [6.07, 6.45) is -0.907. The molecule has 0 amide bonds. The zero-order chi connectivity index (χ0) is 14.9. The molecule has 0 fully saturated rings. The minimum atomic E-state index is -4.20. The van der Waals surface area contributed by atoms with E-state index in [1.807, 2.05) is 0 Å². The third-order valence-corrected chi connectivity index (χ3v) is 2.92. The molecule has 110 valence electrons. The molecule has 11 heteroatoms. The van der Waals surface area contributed by atoms with E-state index in [2.05, 4.69) is 19.9 Å². The molecule has 2 aromatic rings. The molecular formula is C9H14N5O5P. The van der Waals surface area contributed by atoms with Gasteiger partial charge in [-0.15, -0.1) is 0 Å². The second kappa shape index (κ2) is 5.33. The van der Waals surface area contributed by atoms with Crippen LogP contribution in [-0.4, -0.2) is 42.2 Å². The van der Waals surface area contributed by atoms with Gasteiger partial charge in [-0.1, -0.05) is 0 Å². The van der Waals surface area contributed by atoms with Crippen LogP contribution in [0.3, 0.4) is 0 Å². The summed E-state index contributed by atoms with van der Waals surface area (Å²) < 4.78 is 15.7. The zero-order valence-electron chi connectivity index (χ0n) is 10.5. The Morgan fingerprint density at radius 2 is 2.10 bits per heavy atom. The molecule has 0 spiro atoms. The molecule has 2 rings (SSSR count). The van der Waals surface area contributed by atoms with Gasteiger partial charge in [0.2, 0.25) is 5.95 Å². The first kappa shape index (κ1) is 14.7. The molecule has 0 saturated heterocycles. The van der Waals surface area contributed by atoms with E-state index >= 15 is 0 Å². The number of aromatic nitrogens is 4. The number of aromatic amines is 2. The molecule has 2 aromatic heterocycles. The van der Waals surface area contributed by atoms with Crippen LogP contribution in [0.2, 0.25) is 0 Å². The van der Waals surface area contributed by atoms with E-state index in [0.717, 1.165) is 0 Å². The number of fused-ring (bicyclic) bond motifs is 1. The highest BCUT2D eigenvalue weighted by molar-refractivity contribution is 7.51. The van der Waals surface area contributed by atoms with Gasteiger partial charge in [0, 0.05) is 6.42 Å². The van der Waals surface area contributed by atoms with Crippen LogP contribution in [0.15, 0.2) is 4.79 Å². The fraction of sp³-hybridized carbons (Fsp3) is 0.444. The molecule has 20 heavy (non-hydrogen) atoms.